The topological polar surface area (TPSA) is 46.3 Å². The Morgan fingerprint density at radius 2 is 2.11 bits per heavy atom. The molecule has 1 heterocycles. The summed E-state index contributed by atoms with van der Waals surface area (Å²) in [6, 6.07) is 8.58. The van der Waals surface area contributed by atoms with Crippen molar-refractivity contribution in [3.8, 4) is 0 Å². The second kappa shape index (κ2) is 5.74. The Balaban J connectivity index is 2.43. The molecule has 0 aromatic heterocycles. The molecule has 1 aliphatic rings. The lowest BCUT2D eigenvalue weighted by atomic mass is 9.94. The molecule has 0 spiro atoms. The zero-order valence-electron chi connectivity index (χ0n) is 12.1. The SMILES string of the molecule is Cc1cccc(C2C(N)CCCC(=O)N2C(C)C)c1. The van der Waals surface area contributed by atoms with Gasteiger partial charge >= 0.3 is 0 Å². The third-order valence-electron chi connectivity index (χ3n) is 3.86. The molecule has 1 saturated heterocycles. The molecule has 0 bridgehead atoms. The van der Waals surface area contributed by atoms with E-state index in [9.17, 15) is 4.79 Å². The standard InChI is InChI=1S/C16H24N2O/c1-11(2)18-15(19)9-5-8-14(17)16(18)13-7-4-6-12(3)10-13/h4,6-7,10-11,14,16H,5,8-9,17H2,1-3H3. The molecule has 19 heavy (non-hydrogen) atoms. The van der Waals surface area contributed by atoms with Gasteiger partial charge < -0.3 is 10.6 Å². The lowest BCUT2D eigenvalue weighted by molar-refractivity contribution is -0.135. The summed E-state index contributed by atoms with van der Waals surface area (Å²) < 4.78 is 0. The van der Waals surface area contributed by atoms with E-state index >= 15 is 0 Å². The second-order valence-corrected chi connectivity index (χ2v) is 5.81. The molecule has 2 atom stereocenters. The zero-order chi connectivity index (χ0) is 14.0. The van der Waals surface area contributed by atoms with Crippen LogP contribution < -0.4 is 5.73 Å². The zero-order valence-corrected chi connectivity index (χ0v) is 12.1. The summed E-state index contributed by atoms with van der Waals surface area (Å²) in [4.78, 5) is 14.3. The van der Waals surface area contributed by atoms with Gasteiger partial charge in [-0.3, -0.25) is 4.79 Å². The van der Waals surface area contributed by atoms with E-state index in [1.54, 1.807) is 0 Å². The summed E-state index contributed by atoms with van der Waals surface area (Å²) in [5.41, 5.74) is 8.73. The van der Waals surface area contributed by atoms with Gasteiger partial charge in [0.25, 0.3) is 0 Å². The molecule has 1 aromatic carbocycles. The van der Waals surface area contributed by atoms with Gasteiger partial charge in [0.1, 0.15) is 0 Å². The van der Waals surface area contributed by atoms with Gasteiger partial charge in [-0.15, -0.1) is 0 Å². The van der Waals surface area contributed by atoms with E-state index in [-0.39, 0.29) is 24.0 Å². The molecule has 1 aromatic rings. The van der Waals surface area contributed by atoms with Gasteiger partial charge in [0.05, 0.1) is 6.04 Å². The minimum Gasteiger partial charge on any atom is -0.332 e. The molecular formula is C16H24N2O. The molecule has 1 amide bonds. The Morgan fingerprint density at radius 3 is 2.74 bits per heavy atom. The number of likely N-dealkylation sites (tertiary alicyclic amines) is 1. The summed E-state index contributed by atoms with van der Waals surface area (Å²) in [5.74, 6) is 0.231. The summed E-state index contributed by atoms with van der Waals surface area (Å²) in [7, 11) is 0. The Morgan fingerprint density at radius 1 is 1.37 bits per heavy atom. The van der Waals surface area contributed by atoms with Crippen LogP contribution in [0, 0.1) is 6.92 Å². The first-order chi connectivity index (χ1) is 9.00. The molecular weight excluding hydrogens is 236 g/mol. The van der Waals surface area contributed by atoms with Gasteiger partial charge in [0.2, 0.25) is 5.91 Å². The number of hydrogen-bond acceptors (Lipinski definition) is 2. The highest BCUT2D eigenvalue weighted by Gasteiger charge is 2.34. The van der Waals surface area contributed by atoms with Crippen molar-refractivity contribution < 1.29 is 4.79 Å². The van der Waals surface area contributed by atoms with Crippen molar-refractivity contribution >= 4 is 5.91 Å². The predicted molar refractivity (Wildman–Crippen MR) is 77.7 cm³/mol. The Hall–Kier alpha value is -1.35. The van der Waals surface area contributed by atoms with Crippen molar-refractivity contribution in [2.24, 2.45) is 5.73 Å². The van der Waals surface area contributed by atoms with Gasteiger partial charge in [-0.05, 0) is 39.2 Å². The van der Waals surface area contributed by atoms with Crippen molar-refractivity contribution in [3.63, 3.8) is 0 Å². The van der Waals surface area contributed by atoms with E-state index in [1.807, 2.05) is 11.0 Å². The van der Waals surface area contributed by atoms with E-state index in [1.165, 1.54) is 5.56 Å². The number of amides is 1. The number of nitrogens with zero attached hydrogens (tertiary/aromatic N) is 1. The lowest BCUT2D eigenvalue weighted by Crippen LogP contribution is -2.45. The molecule has 0 saturated carbocycles. The highest BCUT2D eigenvalue weighted by molar-refractivity contribution is 5.77. The monoisotopic (exact) mass is 260 g/mol. The average molecular weight is 260 g/mol. The summed E-state index contributed by atoms with van der Waals surface area (Å²) >= 11 is 0. The number of rotatable bonds is 2. The minimum atomic E-state index is 0.00917. The van der Waals surface area contributed by atoms with E-state index < -0.39 is 0 Å². The molecule has 2 unspecified atom stereocenters. The number of nitrogens with two attached hydrogens (primary N) is 1. The van der Waals surface area contributed by atoms with E-state index in [0.717, 1.165) is 18.4 Å². The van der Waals surface area contributed by atoms with E-state index in [2.05, 4.69) is 39.0 Å². The normalized spacial score (nSPS) is 24.7. The third-order valence-corrected chi connectivity index (χ3v) is 3.86. The second-order valence-electron chi connectivity index (χ2n) is 5.81. The third kappa shape index (κ3) is 2.98. The fourth-order valence-electron chi connectivity index (χ4n) is 3.01. The largest absolute Gasteiger partial charge is 0.332 e. The number of carbonyl (C=O) groups excluding carboxylic acids is 1. The van der Waals surface area contributed by atoms with Crippen LogP contribution in [0.3, 0.4) is 0 Å². The van der Waals surface area contributed by atoms with Crippen molar-refractivity contribution in [2.45, 2.75) is 58.2 Å². The molecule has 3 heteroatoms. The maximum atomic E-state index is 12.3. The fourth-order valence-corrected chi connectivity index (χ4v) is 3.01. The van der Waals surface area contributed by atoms with Crippen LogP contribution >= 0.6 is 0 Å². The molecule has 1 aliphatic heterocycles. The number of hydrogen-bond donors (Lipinski definition) is 1. The Bertz CT molecular complexity index is 456. The molecule has 3 nitrogen and oxygen atoms in total. The van der Waals surface area contributed by atoms with Crippen LogP contribution in [0.2, 0.25) is 0 Å². The fraction of sp³-hybridized carbons (Fsp3) is 0.562. The first kappa shape index (κ1) is 14.1. The molecule has 2 rings (SSSR count). The smallest absolute Gasteiger partial charge is 0.223 e. The van der Waals surface area contributed by atoms with Crippen LogP contribution in [0.1, 0.15) is 50.3 Å². The van der Waals surface area contributed by atoms with Gasteiger partial charge in [-0.2, -0.15) is 0 Å². The summed E-state index contributed by atoms with van der Waals surface area (Å²) in [5, 5.41) is 0. The van der Waals surface area contributed by atoms with Gasteiger partial charge in [-0.1, -0.05) is 29.8 Å². The quantitative estimate of drug-likeness (QED) is 0.888. The summed E-state index contributed by atoms with van der Waals surface area (Å²) in [6.07, 6.45) is 2.42. The van der Waals surface area contributed by atoms with Crippen LogP contribution in [0.4, 0.5) is 0 Å². The molecule has 2 N–H and O–H groups in total. The molecule has 104 valence electrons. The van der Waals surface area contributed by atoms with Crippen molar-refractivity contribution in [1.29, 1.82) is 0 Å². The Kier molecular flexibility index (Phi) is 4.25. The molecule has 1 fully saturated rings. The predicted octanol–water partition coefficient (Wildman–Crippen LogP) is 2.78. The van der Waals surface area contributed by atoms with Crippen molar-refractivity contribution in [3.05, 3.63) is 35.4 Å². The van der Waals surface area contributed by atoms with Crippen molar-refractivity contribution in [2.75, 3.05) is 0 Å². The van der Waals surface area contributed by atoms with E-state index in [0.29, 0.717) is 6.42 Å². The Labute approximate surface area is 115 Å². The number of carbonyl (C=O) groups is 1. The maximum absolute atomic E-state index is 12.3. The first-order valence-corrected chi connectivity index (χ1v) is 7.14. The highest BCUT2D eigenvalue weighted by atomic mass is 16.2. The van der Waals surface area contributed by atoms with Crippen LogP contribution in [0.25, 0.3) is 0 Å². The van der Waals surface area contributed by atoms with Crippen LogP contribution in [0.5, 0.6) is 0 Å². The van der Waals surface area contributed by atoms with Crippen LogP contribution in [-0.4, -0.2) is 22.9 Å². The highest BCUT2D eigenvalue weighted by Crippen LogP contribution is 2.32. The minimum absolute atomic E-state index is 0.00917. The molecule has 0 aliphatic carbocycles. The van der Waals surface area contributed by atoms with Gasteiger partial charge in [0, 0.05) is 18.5 Å². The van der Waals surface area contributed by atoms with Gasteiger partial charge in [-0.25, -0.2) is 0 Å². The van der Waals surface area contributed by atoms with Gasteiger partial charge in [0.15, 0.2) is 0 Å². The average Bonchev–Trinajstić information content (AvgIpc) is 2.48. The summed E-state index contributed by atoms with van der Waals surface area (Å²) in [6.45, 7) is 6.21. The lowest BCUT2D eigenvalue weighted by Gasteiger charge is -2.37. The van der Waals surface area contributed by atoms with E-state index in [4.69, 9.17) is 5.73 Å². The number of aryl methyl sites for hydroxylation is 1. The molecule has 0 radical (unpaired) electrons. The van der Waals surface area contributed by atoms with Crippen LogP contribution in [0.15, 0.2) is 24.3 Å². The maximum Gasteiger partial charge on any atom is 0.223 e. The number of benzene rings is 1. The first-order valence-electron chi connectivity index (χ1n) is 7.14. The van der Waals surface area contributed by atoms with Crippen LogP contribution in [-0.2, 0) is 4.79 Å². The van der Waals surface area contributed by atoms with Crippen molar-refractivity contribution in [1.82, 2.24) is 4.90 Å².